The third-order valence-corrected chi connectivity index (χ3v) is 6.02. The van der Waals surface area contributed by atoms with Gasteiger partial charge in [0.2, 0.25) is 0 Å². The summed E-state index contributed by atoms with van der Waals surface area (Å²) in [6.07, 6.45) is 3.23. The average molecular weight is 384 g/mol. The topological polar surface area (TPSA) is 51.2 Å². The summed E-state index contributed by atoms with van der Waals surface area (Å²) in [5, 5.41) is 4.67. The highest BCUT2D eigenvalue weighted by Crippen LogP contribution is 2.50. The molecule has 1 aliphatic heterocycles. The van der Waals surface area contributed by atoms with Gasteiger partial charge in [0.1, 0.15) is 5.75 Å². The zero-order valence-electron chi connectivity index (χ0n) is 17.0. The van der Waals surface area contributed by atoms with Crippen LogP contribution in [0.1, 0.15) is 43.7 Å². The lowest BCUT2D eigenvalue weighted by Gasteiger charge is -2.39. The van der Waals surface area contributed by atoms with E-state index in [0.29, 0.717) is 6.42 Å². The molecule has 2 aromatic carbocycles. The van der Waals surface area contributed by atoms with E-state index >= 15 is 0 Å². The van der Waals surface area contributed by atoms with E-state index in [1.165, 1.54) is 0 Å². The average Bonchev–Trinajstić information content (AvgIpc) is 2.71. The number of aromatic nitrogens is 1. The Hall–Kier alpha value is -3.14. The van der Waals surface area contributed by atoms with E-state index in [4.69, 9.17) is 9.72 Å². The van der Waals surface area contributed by atoms with Crippen LogP contribution in [0.4, 0.5) is 5.69 Å². The number of carbonyl (C=O) groups is 1. The number of ether oxygens (including phenoxy) is 1. The van der Waals surface area contributed by atoms with E-state index in [-0.39, 0.29) is 17.1 Å². The highest BCUT2D eigenvalue weighted by Gasteiger charge is 2.41. The number of pyridine rings is 1. The number of methoxy groups -OCH3 is 1. The molecule has 0 radical (unpaired) electrons. The monoisotopic (exact) mass is 384 g/mol. The Kier molecular flexibility index (Phi) is 3.98. The van der Waals surface area contributed by atoms with Crippen LogP contribution in [-0.2, 0) is 4.79 Å². The minimum atomic E-state index is -0.154. The number of Topliss-reactive ketones (excluding diaryl/α,β-unsaturated/α-hetero) is 1. The van der Waals surface area contributed by atoms with Crippen molar-refractivity contribution in [2.75, 3.05) is 12.4 Å². The number of ketones is 1. The smallest absolute Gasteiger partial charge is 0.162 e. The lowest BCUT2D eigenvalue weighted by atomic mass is 9.68. The van der Waals surface area contributed by atoms with E-state index in [1.54, 1.807) is 7.11 Å². The van der Waals surface area contributed by atoms with Crippen LogP contribution in [0.3, 0.4) is 0 Å². The summed E-state index contributed by atoms with van der Waals surface area (Å²) in [6.45, 7) is 4.32. The summed E-state index contributed by atoms with van der Waals surface area (Å²) in [7, 11) is 1.67. The number of benzene rings is 2. The van der Waals surface area contributed by atoms with Gasteiger partial charge < -0.3 is 10.1 Å². The van der Waals surface area contributed by atoms with Crippen molar-refractivity contribution in [3.8, 4) is 5.75 Å². The Morgan fingerprint density at radius 3 is 2.79 bits per heavy atom. The van der Waals surface area contributed by atoms with Crippen LogP contribution in [0.5, 0.6) is 5.75 Å². The van der Waals surface area contributed by atoms with Crippen LogP contribution in [0.15, 0.2) is 66.0 Å². The molecule has 146 valence electrons. The first kappa shape index (κ1) is 17.9. The second-order valence-electron chi connectivity index (χ2n) is 8.77. The van der Waals surface area contributed by atoms with Gasteiger partial charge in [-0.3, -0.25) is 9.78 Å². The molecule has 29 heavy (non-hydrogen) atoms. The quantitative estimate of drug-likeness (QED) is 0.639. The Balaban J connectivity index is 1.81. The summed E-state index contributed by atoms with van der Waals surface area (Å²) in [5.41, 5.74) is 5.98. The van der Waals surface area contributed by atoms with Crippen LogP contribution in [0.25, 0.3) is 10.9 Å². The molecule has 3 aromatic rings. The SMILES string of the molecule is COc1cccc(C2C3=C(CC(C)(C)CC3=O)Nc3ccc4cccnc4c32)c1. The van der Waals surface area contributed by atoms with E-state index < -0.39 is 0 Å². The molecule has 1 aromatic heterocycles. The maximum atomic E-state index is 13.4. The fraction of sp³-hybridized carbons (Fsp3) is 0.280. The number of nitrogens with one attached hydrogen (secondary N) is 1. The zero-order chi connectivity index (χ0) is 20.2. The van der Waals surface area contributed by atoms with Gasteiger partial charge in [-0.1, -0.05) is 38.1 Å². The highest BCUT2D eigenvalue weighted by molar-refractivity contribution is 6.03. The third kappa shape index (κ3) is 2.91. The van der Waals surface area contributed by atoms with Crippen molar-refractivity contribution in [2.45, 2.75) is 32.6 Å². The molecule has 0 fully saturated rings. The largest absolute Gasteiger partial charge is 0.497 e. The molecule has 4 heteroatoms. The van der Waals surface area contributed by atoms with Gasteiger partial charge in [-0.15, -0.1) is 0 Å². The minimum absolute atomic E-state index is 0.0472. The second kappa shape index (κ2) is 6.45. The van der Waals surface area contributed by atoms with Crippen molar-refractivity contribution in [1.82, 2.24) is 4.98 Å². The van der Waals surface area contributed by atoms with Crippen molar-refractivity contribution in [2.24, 2.45) is 5.41 Å². The fourth-order valence-corrected chi connectivity index (χ4v) is 4.81. The number of carbonyl (C=O) groups excluding carboxylic acids is 1. The van der Waals surface area contributed by atoms with Crippen molar-refractivity contribution >= 4 is 22.4 Å². The molecule has 0 bridgehead atoms. The molecule has 1 aliphatic carbocycles. The van der Waals surface area contributed by atoms with E-state index in [2.05, 4.69) is 43.4 Å². The summed E-state index contributed by atoms with van der Waals surface area (Å²) >= 11 is 0. The van der Waals surface area contributed by atoms with Gasteiger partial charge in [-0.05, 0) is 41.7 Å². The highest BCUT2D eigenvalue weighted by atomic mass is 16.5. The number of hydrogen-bond acceptors (Lipinski definition) is 4. The first-order chi connectivity index (χ1) is 14.0. The number of hydrogen-bond donors (Lipinski definition) is 1. The number of nitrogens with zero attached hydrogens (tertiary/aromatic N) is 1. The minimum Gasteiger partial charge on any atom is -0.497 e. The molecule has 0 spiro atoms. The second-order valence-corrected chi connectivity index (χ2v) is 8.77. The molecule has 4 nitrogen and oxygen atoms in total. The molecule has 1 atom stereocenters. The van der Waals surface area contributed by atoms with Crippen LogP contribution < -0.4 is 10.1 Å². The predicted octanol–water partition coefficient (Wildman–Crippen LogP) is 5.44. The lowest BCUT2D eigenvalue weighted by Crippen LogP contribution is -2.34. The molecule has 1 unspecified atom stereocenters. The third-order valence-electron chi connectivity index (χ3n) is 6.02. The normalized spacial score (nSPS) is 20.1. The van der Waals surface area contributed by atoms with Crippen LogP contribution in [0.2, 0.25) is 0 Å². The summed E-state index contributed by atoms with van der Waals surface area (Å²) in [5.74, 6) is 0.857. The number of anilines is 1. The van der Waals surface area contributed by atoms with Gasteiger partial charge in [0.25, 0.3) is 0 Å². The van der Waals surface area contributed by atoms with Gasteiger partial charge in [0, 0.05) is 46.4 Å². The first-order valence-corrected chi connectivity index (χ1v) is 10.0. The van der Waals surface area contributed by atoms with E-state index in [0.717, 1.165) is 51.2 Å². The molecule has 2 heterocycles. The maximum Gasteiger partial charge on any atom is 0.162 e. The van der Waals surface area contributed by atoms with Crippen LogP contribution in [-0.4, -0.2) is 17.9 Å². The molecule has 2 aliphatic rings. The Bertz CT molecular complexity index is 1180. The molecular weight excluding hydrogens is 360 g/mol. The molecule has 5 rings (SSSR count). The summed E-state index contributed by atoms with van der Waals surface area (Å²) in [4.78, 5) is 18.1. The van der Waals surface area contributed by atoms with E-state index in [1.807, 2.05) is 30.5 Å². The Morgan fingerprint density at radius 2 is 1.97 bits per heavy atom. The number of allylic oxidation sites excluding steroid dienone is 2. The van der Waals surface area contributed by atoms with Crippen molar-refractivity contribution in [3.63, 3.8) is 0 Å². The fourth-order valence-electron chi connectivity index (χ4n) is 4.81. The number of rotatable bonds is 2. The standard InChI is InChI=1S/C25H24N2O2/c1-25(2)13-19-22(20(28)14-25)21(16-6-4-8-17(12-16)29-3)23-18(27-19)10-9-15-7-5-11-26-24(15)23/h4-12,21,27H,13-14H2,1-3H3. The molecule has 0 amide bonds. The van der Waals surface area contributed by atoms with E-state index in [9.17, 15) is 4.79 Å². The molecule has 1 N–H and O–H groups in total. The summed E-state index contributed by atoms with van der Waals surface area (Å²) < 4.78 is 5.48. The molecular formula is C25H24N2O2. The van der Waals surface area contributed by atoms with Crippen LogP contribution in [0, 0.1) is 5.41 Å². The van der Waals surface area contributed by atoms with Crippen LogP contribution >= 0.6 is 0 Å². The predicted molar refractivity (Wildman–Crippen MR) is 115 cm³/mol. The summed E-state index contributed by atoms with van der Waals surface area (Å²) in [6, 6.07) is 16.3. The van der Waals surface area contributed by atoms with Gasteiger partial charge in [-0.2, -0.15) is 0 Å². The number of fused-ring (bicyclic) bond motifs is 3. The zero-order valence-corrected chi connectivity index (χ0v) is 17.0. The van der Waals surface area contributed by atoms with Gasteiger partial charge in [0.15, 0.2) is 5.78 Å². The van der Waals surface area contributed by atoms with Crippen molar-refractivity contribution < 1.29 is 9.53 Å². The van der Waals surface area contributed by atoms with Gasteiger partial charge in [0.05, 0.1) is 12.6 Å². The molecule has 0 saturated heterocycles. The Labute approximate surface area is 170 Å². The van der Waals surface area contributed by atoms with Crippen molar-refractivity contribution in [1.29, 1.82) is 0 Å². The van der Waals surface area contributed by atoms with Crippen molar-refractivity contribution in [3.05, 3.63) is 77.1 Å². The maximum absolute atomic E-state index is 13.4. The Morgan fingerprint density at radius 1 is 1.10 bits per heavy atom. The lowest BCUT2D eigenvalue weighted by molar-refractivity contribution is -0.118. The van der Waals surface area contributed by atoms with Gasteiger partial charge in [-0.25, -0.2) is 0 Å². The van der Waals surface area contributed by atoms with Gasteiger partial charge >= 0.3 is 0 Å². The first-order valence-electron chi connectivity index (χ1n) is 10.0. The molecule has 0 saturated carbocycles.